The van der Waals surface area contributed by atoms with Gasteiger partial charge in [0.2, 0.25) is 0 Å². The molecule has 0 atom stereocenters. The van der Waals surface area contributed by atoms with E-state index in [1.165, 1.54) is 24.3 Å². The van der Waals surface area contributed by atoms with E-state index in [1.807, 2.05) is 0 Å². The molecule has 1 aliphatic heterocycles. The molecule has 7 nitrogen and oxygen atoms in total. The van der Waals surface area contributed by atoms with Gasteiger partial charge in [-0.05, 0) is 53.7 Å². The lowest BCUT2D eigenvalue weighted by atomic mass is 10.1. The molecule has 0 saturated carbocycles. The topological polar surface area (TPSA) is 93.7 Å². The largest absolute Gasteiger partial charge is 0.456 e. The summed E-state index contributed by atoms with van der Waals surface area (Å²) in [5.41, 5.74) is 0.686. The molecule has 32 heavy (non-hydrogen) atoms. The van der Waals surface area contributed by atoms with Gasteiger partial charge in [0.05, 0.1) is 32.0 Å². The van der Waals surface area contributed by atoms with Crippen molar-refractivity contribution < 1.29 is 18.9 Å². The lowest BCUT2D eigenvalue weighted by Gasteiger charge is -2.12. The van der Waals surface area contributed by atoms with Crippen molar-refractivity contribution in [2.45, 2.75) is 6.54 Å². The fourth-order valence-corrected chi connectivity index (χ4v) is 4.33. The summed E-state index contributed by atoms with van der Waals surface area (Å²) in [6.07, 6.45) is 1.42. The van der Waals surface area contributed by atoms with Crippen molar-refractivity contribution >= 4 is 69.5 Å². The molecule has 1 fully saturated rings. The molecular weight excluding hydrogens is 499 g/mol. The minimum Gasteiger partial charge on any atom is -0.456 e. The third kappa shape index (κ3) is 4.54. The highest BCUT2D eigenvalue weighted by Gasteiger charge is 2.35. The number of amides is 2. The predicted octanol–water partition coefficient (Wildman–Crippen LogP) is 7.05. The van der Waals surface area contributed by atoms with Gasteiger partial charge in [-0.25, -0.2) is 0 Å². The normalized spacial score (nSPS) is 15.1. The molecule has 0 radical (unpaired) electrons. The van der Waals surface area contributed by atoms with Gasteiger partial charge in [0, 0.05) is 17.2 Å². The number of hydrogen-bond donors (Lipinski definition) is 0. The molecule has 1 aromatic heterocycles. The van der Waals surface area contributed by atoms with Crippen LogP contribution in [-0.2, 0) is 11.3 Å². The quantitative estimate of drug-likeness (QED) is 0.208. The van der Waals surface area contributed by atoms with Gasteiger partial charge < -0.3 is 4.42 Å². The third-order valence-electron chi connectivity index (χ3n) is 4.52. The van der Waals surface area contributed by atoms with E-state index in [-0.39, 0.29) is 39.2 Å². The molecule has 0 bridgehead atoms. The average molecular weight is 510 g/mol. The molecule has 2 amide bonds. The number of thioether (sulfide) groups is 1. The number of carbonyl (C=O) groups is 2. The monoisotopic (exact) mass is 508 g/mol. The van der Waals surface area contributed by atoms with Crippen molar-refractivity contribution in [2.24, 2.45) is 0 Å². The minimum atomic E-state index is -0.558. The highest BCUT2D eigenvalue weighted by Crippen LogP contribution is 2.37. The predicted molar refractivity (Wildman–Crippen MR) is 124 cm³/mol. The molecule has 2 heterocycles. The van der Waals surface area contributed by atoms with Crippen LogP contribution in [0, 0.1) is 10.1 Å². The van der Waals surface area contributed by atoms with Crippen LogP contribution in [-0.4, -0.2) is 21.0 Å². The minimum absolute atomic E-state index is 0.0409. The number of carbonyl (C=O) groups excluding carboxylic acids is 2. The zero-order valence-electron chi connectivity index (χ0n) is 15.9. The number of nitro groups is 1. The van der Waals surface area contributed by atoms with Crippen molar-refractivity contribution in [1.82, 2.24) is 4.90 Å². The molecule has 0 unspecified atom stereocenters. The van der Waals surface area contributed by atoms with Gasteiger partial charge in [0.25, 0.3) is 16.8 Å². The van der Waals surface area contributed by atoms with Crippen LogP contribution < -0.4 is 0 Å². The van der Waals surface area contributed by atoms with Gasteiger partial charge >= 0.3 is 0 Å². The van der Waals surface area contributed by atoms with Crippen LogP contribution in [0.3, 0.4) is 0 Å². The maximum Gasteiger partial charge on any atom is 0.293 e. The zero-order valence-corrected chi connectivity index (χ0v) is 19.0. The Morgan fingerprint density at radius 1 is 1.03 bits per heavy atom. The Labute approximate surface area is 200 Å². The van der Waals surface area contributed by atoms with Crippen LogP contribution in [0.15, 0.2) is 57.9 Å². The second-order valence-electron chi connectivity index (χ2n) is 6.64. The van der Waals surface area contributed by atoms with Crippen molar-refractivity contribution in [1.29, 1.82) is 0 Å². The molecule has 1 saturated heterocycles. The Kier molecular flexibility index (Phi) is 6.30. The molecular formula is C21H11Cl3N2O5S. The smallest absolute Gasteiger partial charge is 0.293 e. The average Bonchev–Trinajstić information content (AvgIpc) is 3.31. The lowest BCUT2D eigenvalue weighted by Crippen LogP contribution is -2.27. The summed E-state index contributed by atoms with van der Waals surface area (Å²) in [7, 11) is 0. The van der Waals surface area contributed by atoms with Crippen LogP contribution in [0.4, 0.5) is 10.5 Å². The first kappa shape index (κ1) is 22.4. The Balaban J connectivity index is 1.57. The van der Waals surface area contributed by atoms with E-state index in [1.54, 1.807) is 30.3 Å². The summed E-state index contributed by atoms with van der Waals surface area (Å²) >= 11 is 18.5. The summed E-state index contributed by atoms with van der Waals surface area (Å²) in [5.74, 6) is 0.0143. The maximum atomic E-state index is 12.7. The molecule has 1 aliphatic rings. The number of hydrogen-bond acceptors (Lipinski definition) is 6. The van der Waals surface area contributed by atoms with E-state index in [4.69, 9.17) is 39.2 Å². The number of nitrogens with zero attached hydrogens (tertiary/aromatic N) is 2. The first-order valence-electron chi connectivity index (χ1n) is 8.96. The van der Waals surface area contributed by atoms with Gasteiger partial charge in [-0.3, -0.25) is 24.6 Å². The molecule has 4 rings (SSSR count). The first-order chi connectivity index (χ1) is 15.2. The molecule has 3 aromatic rings. The van der Waals surface area contributed by atoms with E-state index in [0.29, 0.717) is 15.6 Å². The van der Waals surface area contributed by atoms with Crippen LogP contribution >= 0.6 is 46.6 Å². The first-order valence-corrected chi connectivity index (χ1v) is 10.9. The number of halogens is 3. The second-order valence-corrected chi connectivity index (χ2v) is 8.88. The van der Waals surface area contributed by atoms with Crippen molar-refractivity contribution in [3.05, 3.63) is 89.9 Å². The Morgan fingerprint density at radius 3 is 2.53 bits per heavy atom. The Bertz CT molecular complexity index is 1300. The van der Waals surface area contributed by atoms with Gasteiger partial charge in [-0.2, -0.15) is 0 Å². The Hall–Kier alpha value is -2.78. The maximum absolute atomic E-state index is 12.7. The summed E-state index contributed by atoms with van der Waals surface area (Å²) in [6.45, 7) is 0.0409. The number of imide groups is 1. The van der Waals surface area contributed by atoms with Crippen LogP contribution in [0.5, 0.6) is 0 Å². The molecule has 162 valence electrons. The highest BCUT2D eigenvalue weighted by molar-refractivity contribution is 8.18. The summed E-state index contributed by atoms with van der Waals surface area (Å²) in [5, 5.41) is 11.8. The second kappa shape index (κ2) is 8.99. The summed E-state index contributed by atoms with van der Waals surface area (Å²) in [6, 6.07) is 12.2. The van der Waals surface area contributed by atoms with E-state index in [9.17, 15) is 19.7 Å². The van der Waals surface area contributed by atoms with Crippen LogP contribution in [0.25, 0.3) is 17.4 Å². The van der Waals surface area contributed by atoms with E-state index < -0.39 is 16.1 Å². The van der Waals surface area contributed by atoms with Crippen LogP contribution in [0.2, 0.25) is 15.1 Å². The third-order valence-corrected chi connectivity index (χ3v) is 6.40. The van der Waals surface area contributed by atoms with Crippen molar-refractivity contribution in [2.75, 3.05) is 0 Å². The van der Waals surface area contributed by atoms with Crippen LogP contribution in [0.1, 0.15) is 11.3 Å². The summed E-state index contributed by atoms with van der Waals surface area (Å²) < 4.78 is 5.68. The van der Waals surface area contributed by atoms with E-state index in [2.05, 4.69) is 0 Å². The highest BCUT2D eigenvalue weighted by atomic mass is 35.5. The van der Waals surface area contributed by atoms with E-state index >= 15 is 0 Å². The van der Waals surface area contributed by atoms with Gasteiger partial charge in [-0.15, -0.1) is 0 Å². The fourth-order valence-electron chi connectivity index (χ4n) is 3.03. The van der Waals surface area contributed by atoms with E-state index in [0.717, 1.165) is 16.7 Å². The number of nitro benzene ring substituents is 1. The number of benzene rings is 2. The standard InChI is InChI=1S/C21H11Cl3N2O5S/c22-12-2-4-14(17(8-12)26(29)30)18-6-3-13(31-18)9-19-20(27)25(21(28)32-19)10-11-1-5-15(23)16(24)7-11/h1-9H,10H2/b19-9+. The van der Waals surface area contributed by atoms with Crippen molar-refractivity contribution in [3.8, 4) is 11.3 Å². The van der Waals surface area contributed by atoms with Gasteiger partial charge in [0.1, 0.15) is 11.5 Å². The molecule has 2 aromatic carbocycles. The molecule has 0 N–H and O–H groups in total. The molecule has 0 spiro atoms. The van der Waals surface area contributed by atoms with Gasteiger partial charge in [0.15, 0.2) is 0 Å². The van der Waals surface area contributed by atoms with Gasteiger partial charge in [-0.1, -0.05) is 40.9 Å². The zero-order chi connectivity index (χ0) is 23.0. The number of furan rings is 1. The van der Waals surface area contributed by atoms with Crippen molar-refractivity contribution in [3.63, 3.8) is 0 Å². The molecule has 0 aliphatic carbocycles. The fraction of sp³-hybridized carbons (Fsp3) is 0.0476. The molecule has 11 heteroatoms. The number of rotatable bonds is 5. The SMILES string of the molecule is O=C1S/C(=C/c2ccc(-c3ccc(Cl)cc3[N+](=O)[O-])o2)C(=O)N1Cc1ccc(Cl)c(Cl)c1. The lowest BCUT2D eigenvalue weighted by molar-refractivity contribution is -0.384. The summed E-state index contributed by atoms with van der Waals surface area (Å²) in [4.78, 5) is 37.1. The Morgan fingerprint density at radius 2 is 1.81 bits per heavy atom.